The second-order valence-corrected chi connectivity index (χ2v) is 6.56. The molecule has 2 aromatic carbocycles. The van der Waals surface area contributed by atoms with Crippen LogP contribution < -0.4 is 10.1 Å². The van der Waals surface area contributed by atoms with E-state index in [1.165, 1.54) is 0 Å². The molecular weight excluding hydrogens is 342 g/mol. The first-order chi connectivity index (χ1) is 13.2. The lowest BCUT2D eigenvalue weighted by Gasteiger charge is -2.21. The number of nitrogens with one attached hydrogen (secondary N) is 1. The molecule has 2 amide bonds. The van der Waals surface area contributed by atoms with Crippen molar-refractivity contribution in [2.75, 3.05) is 7.11 Å². The topological polar surface area (TPSA) is 72.3 Å². The highest BCUT2D eigenvalue weighted by molar-refractivity contribution is 5.76. The van der Waals surface area contributed by atoms with Crippen molar-refractivity contribution < 1.29 is 9.53 Å². The first-order valence-electron chi connectivity index (χ1n) is 8.82. The Bertz CT molecular complexity index is 938. The number of urea groups is 1. The number of hydrogen-bond donors (Lipinski definition) is 1. The van der Waals surface area contributed by atoms with Gasteiger partial charge >= 0.3 is 6.03 Å². The molecule has 4 rings (SSSR count). The molecule has 7 nitrogen and oxygen atoms in total. The number of ether oxygens (including phenoxy) is 1. The van der Waals surface area contributed by atoms with Crippen LogP contribution in [0, 0.1) is 0 Å². The number of methoxy groups -OCH3 is 1. The fraction of sp³-hybridized carbons (Fsp3) is 0.250. The molecule has 3 aromatic rings. The summed E-state index contributed by atoms with van der Waals surface area (Å²) in [5.74, 6) is 0.833. The highest BCUT2D eigenvalue weighted by Crippen LogP contribution is 2.31. The predicted molar refractivity (Wildman–Crippen MR) is 101 cm³/mol. The van der Waals surface area contributed by atoms with Crippen LogP contribution in [0.2, 0.25) is 0 Å². The van der Waals surface area contributed by atoms with Gasteiger partial charge in [0.1, 0.15) is 5.75 Å². The van der Waals surface area contributed by atoms with Crippen molar-refractivity contribution in [2.45, 2.75) is 26.1 Å². The van der Waals surface area contributed by atoms with E-state index < -0.39 is 0 Å². The maximum absolute atomic E-state index is 12.7. The van der Waals surface area contributed by atoms with Gasteiger partial charge < -0.3 is 15.0 Å². The molecule has 0 aliphatic carbocycles. The number of carbonyl (C=O) groups is 1. The average Bonchev–Trinajstić information content (AvgIpc) is 3.37. The molecule has 0 fully saturated rings. The number of rotatable bonds is 4. The lowest BCUT2D eigenvalue weighted by Crippen LogP contribution is -2.37. The number of benzene rings is 2. The minimum Gasteiger partial charge on any atom is -0.496 e. The van der Waals surface area contributed by atoms with E-state index >= 15 is 0 Å². The number of fused-ring (bicyclic) bond motifs is 1. The van der Waals surface area contributed by atoms with E-state index in [9.17, 15) is 4.79 Å². The van der Waals surface area contributed by atoms with E-state index in [-0.39, 0.29) is 12.1 Å². The minimum absolute atomic E-state index is 0.0823. The van der Waals surface area contributed by atoms with Crippen LogP contribution in [0.5, 0.6) is 5.75 Å². The highest BCUT2D eigenvalue weighted by Gasteiger charge is 2.26. The van der Waals surface area contributed by atoms with E-state index in [0.29, 0.717) is 13.1 Å². The molecule has 0 spiro atoms. The zero-order valence-electron chi connectivity index (χ0n) is 15.3. The number of carbonyl (C=O) groups excluding carboxylic acids is 1. The Morgan fingerprint density at radius 1 is 1.19 bits per heavy atom. The second kappa shape index (κ2) is 7.11. The molecule has 0 radical (unpaired) electrons. The minimum atomic E-state index is -0.104. The number of aromatic nitrogens is 3. The molecule has 138 valence electrons. The quantitative estimate of drug-likeness (QED) is 0.773. The Morgan fingerprint density at radius 3 is 2.70 bits per heavy atom. The van der Waals surface area contributed by atoms with Gasteiger partial charge in [-0.3, -0.25) is 0 Å². The van der Waals surface area contributed by atoms with Crippen LogP contribution in [-0.2, 0) is 13.1 Å². The van der Waals surface area contributed by atoms with Gasteiger partial charge in [-0.15, -0.1) is 5.10 Å². The van der Waals surface area contributed by atoms with Crippen molar-refractivity contribution >= 4 is 6.03 Å². The van der Waals surface area contributed by atoms with Gasteiger partial charge in [-0.05, 0) is 36.2 Å². The van der Waals surface area contributed by atoms with Crippen LogP contribution in [0.3, 0.4) is 0 Å². The monoisotopic (exact) mass is 363 g/mol. The van der Waals surface area contributed by atoms with Crippen LogP contribution in [0.1, 0.15) is 29.7 Å². The fourth-order valence-corrected chi connectivity index (χ4v) is 3.35. The summed E-state index contributed by atoms with van der Waals surface area (Å²) in [4.78, 5) is 14.5. The molecule has 1 aromatic heterocycles. The van der Waals surface area contributed by atoms with Crippen LogP contribution in [-0.4, -0.2) is 33.0 Å². The summed E-state index contributed by atoms with van der Waals surface area (Å²) >= 11 is 0. The standard InChI is InChI=1S/C20H21N5O2/c1-14(15-6-8-17(9-7-15)25-11-10-21-23-25)22-20(26)24-12-16-4-3-5-19(27-2)18(16)13-24/h3-11,14H,12-13H2,1-2H3,(H,22,26). The van der Waals surface area contributed by atoms with Gasteiger partial charge in [-0.1, -0.05) is 29.5 Å². The third-order valence-electron chi connectivity index (χ3n) is 4.87. The molecule has 1 atom stereocenters. The lowest BCUT2D eigenvalue weighted by atomic mass is 10.1. The van der Waals surface area contributed by atoms with Crippen LogP contribution in [0.15, 0.2) is 54.9 Å². The average molecular weight is 363 g/mol. The Balaban J connectivity index is 1.41. The van der Waals surface area contributed by atoms with Gasteiger partial charge in [0.2, 0.25) is 0 Å². The summed E-state index contributed by atoms with van der Waals surface area (Å²) in [5, 5.41) is 10.9. The van der Waals surface area contributed by atoms with E-state index in [4.69, 9.17) is 4.74 Å². The summed E-state index contributed by atoms with van der Waals surface area (Å²) in [6.07, 6.45) is 3.43. The summed E-state index contributed by atoms with van der Waals surface area (Å²) in [7, 11) is 1.66. The Morgan fingerprint density at radius 2 is 2.00 bits per heavy atom. The van der Waals surface area contributed by atoms with Gasteiger partial charge in [0.15, 0.2) is 0 Å². The van der Waals surface area contributed by atoms with Gasteiger partial charge in [-0.2, -0.15) is 0 Å². The maximum atomic E-state index is 12.7. The molecule has 1 aliphatic rings. The third kappa shape index (κ3) is 3.36. The normalized spacial score (nSPS) is 13.9. The summed E-state index contributed by atoms with van der Waals surface area (Å²) in [6.45, 7) is 3.13. The molecule has 0 saturated heterocycles. The van der Waals surface area contributed by atoms with Gasteiger partial charge in [-0.25, -0.2) is 9.48 Å². The summed E-state index contributed by atoms with van der Waals surface area (Å²) < 4.78 is 7.10. The van der Waals surface area contributed by atoms with Crippen molar-refractivity contribution in [1.29, 1.82) is 0 Å². The molecule has 0 saturated carbocycles. The number of amides is 2. The molecule has 1 aliphatic heterocycles. The molecule has 1 N–H and O–H groups in total. The zero-order valence-corrected chi connectivity index (χ0v) is 15.3. The Labute approximate surface area is 157 Å². The van der Waals surface area contributed by atoms with E-state index in [2.05, 4.69) is 15.6 Å². The number of nitrogens with zero attached hydrogens (tertiary/aromatic N) is 4. The van der Waals surface area contributed by atoms with Crippen molar-refractivity contribution in [2.24, 2.45) is 0 Å². The van der Waals surface area contributed by atoms with E-state index in [1.54, 1.807) is 29.1 Å². The van der Waals surface area contributed by atoms with Crippen molar-refractivity contribution in [3.63, 3.8) is 0 Å². The lowest BCUT2D eigenvalue weighted by molar-refractivity contribution is 0.195. The number of hydrogen-bond acceptors (Lipinski definition) is 4. The zero-order chi connectivity index (χ0) is 18.8. The van der Waals surface area contributed by atoms with E-state index in [0.717, 1.165) is 28.1 Å². The van der Waals surface area contributed by atoms with Crippen LogP contribution in [0.25, 0.3) is 5.69 Å². The van der Waals surface area contributed by atoms with E-state index in [1.807, 2.05) is 49.4 Å². The molecule has 0 bridgehead atoms. The second-order valence-electron chi connectivity index (χ2n) is 6.56. The molecular formula is C20H21N5O2. The van der Waals surface area contributed by atoms with Gasteiger partial charge in [0.05, 0.1) is 37.8 Å². The van der Waals surface area contributed by atoms with Crippen LogP contribution in [0.4, 0.5) is 4.79 Å². The summed E-state index contributed by atoms with van der Waals surface area (Å²) in [6, 6.07) is 13.6. The first-order valence-corrected chi connectivity index (χ1v) is 8.82. The van der Waals surface area contributed by atoms with Gasteiger partial charge in [0, 0.05) is 12.1 Å². The smallest absolute Gasteiger partial charge is 0.318 e. The molecule has 1 unspecified atom stereocenters. The van der Waals surface area contributed by atoms with Crippen molar-refractivity contribution in [3.05, 3.63) is 71.5 Å². The predicted octanol–water partition coefficient (Wildman–Crippen LogP) is 3.06. The summed E-state index contributed by atoms with van der Waals surface area (Å²) in [5.41, 5.74) is 4.17. The SMILES string of the molecule is COc1cccc2c1CN(C(=O)NC(C)c1ccc(-n3ccnn3)cc1)C2. The molecule has 2 heterocycles. The Hall–Kier alpha value is -3.35. The molecule has 27 heavy (non-hydrogen) atoms. The molecule has 7 heteroatoms. The first kappa shape index (κ1) is 17.1. The Kier molecular flexibility index (Phi) is 4.50. The van der Waals surface area contributed by atoms with Crippen molar-refractivity contribution in [1.82, 2.24) is 25.2 Å². The van der Waals surface area contributed by atoms with Crippen molar-refractivity contribution in [3.8, 4) is 11.4 Å². The van der Waals surface area contributed by atoms with Gasteiger partial charge in [0.25, 0.3) is 0 Å². The highest BCUT2D eigenvalue weighted by atomic mass is 16.5. The van der Waals surface area contributed by atoms with Crippen LogP contribution >= 0.6 is 0 Å². The third-order valence-corrected chi connectivity index (χ3v) is 4.87. The largest absolute Gasteiger partial charge is 0.496 e. The fourth-order valence-electron chi connectivity index (χ4n) is 3.35. The maximum Gasteiger partial charge on any atom is 0.318 e.